The quantitative estimate of drug-likeness (QED) is 0.639. The molecule has 0 fully saturated rings. The third kappa shape index (κ3) is 2.56. The van der Waals surface area contributed by atoms with Gasteiger partial charge in [0.05, 0.1) is 12.9 Å². The van der Waals surface area contributed by atoms with Gasteiger partial charge in [-0.15, -0.1) is 0 Å². The molecule has 1 aromatic heterocycles. The van der Waals surface area contributed by atoms with Gasteiger partial charge in [-0.3, -0.25) is 0 Å². The Morgan fingerprint density at radius 2 is 2.21 bits per heavy atom. The lowest BCUT2D eigenvalue weighted by molar-refractivity contribution is 0.149. The van der Waals surface area contributed by atoms with Gasteiger partial charge < -0.3 is 15.4 Å². The molecular weight excluding hydrogens is 178 g/mol. The van der Waals surface area contributed by atoms with Crippen LogP contribution in [0.25, 0.3) is 0 Å². The van der Waals surface area contributed by atoms with E-state index in [2.05, 4.69) is 29.1 Å². The molecule has 0 aromatic carbocycles. The van der Waals surface area contributed by atoms with Crippen LogP contribution >= 0.6 is 0 Å². The largest absolute Gasteiger partial charge is 0.394 e. The van der Waals surface area contributed by atoms with E-state index in [4.69, 9.17) is 0 Å². The summed E-state index contributed by atoms with van der Waals surface area (Å²) in [4.78, 5) is 6.97. The Hall–Kier alpha value is -0.870. The number of aromatic nitrogens is 2. The van der Waals surface area contributed by atoms with E-state index in [0.29, 0.717) is 0 Å². The van der Waals surface area contributed by atoms with Crippen molar-refractivity contribution < 1.29 is 5.11 Å². The number of rotatable bonds is 6. The van der Waals surface area contributed by atoms with Gasteiger partial charge in [0.15, 0.2) is 0 Å². The number of imidazole rings is 1. The highest BCUT2D eigenvalue weighted by Crippen LogP contribution is 2.14. The van der Waals surface area contributed by atoms with Gasteiger partial charge in [-0.25, -0.2) is 4.98 Å². The van der Waals surface area contributed by atoms with Crippen LogP contribution < -0.4 is 5.32 Å². The molecule has 4 heteroatoms. The summed E-state index contributed by atoms with van der Waals surface area (Å²) in [6, 6.07) is 0. The summed E-state index contributed by atoms with van der Waals surface area (Å²) in [5, 5.41) is 12.7. The summed E-state index contributed by atoms with van der Waals surface area (Å²) in [6.45, 7) is 5.07. The molecule has 0 saturated heterocycles. The SMILES string of the molecule is CCC(CC)(CO)NCc1cnc[nH]1. The fraction of sp³-hybridized carbons (Fsp3) is 0.700. The standard InChI is InChI=1S/C10H19N3O/c1-3-10(4-2,7-14)13-6-9-5-11-8-12-9/h5,8,13-14H,3-4,6-7H2,1-2H3,(H,11,12). The smallest absolute Gasteiger partial charge is 0.0922 e. The molecule has 0 bridgehead atoms. The van der Waals surface area contributed by atoms with Crippen LogP contribution in [0.15, 0.2) is 12.5 Å². The number of nitrogens with zero attached hydrogens (tertiary/aromatic N) is 1. The summed E-state index contributed by atoms with van der Waals surface area (Å²) in [5.74, 6) is 0. The van der Waals surface area contributed by atoms with Crippen molar-refractivity contribution in [3.05, 3.63) is 18.2 Å². The van der Waals surface area contributed by atoms with Gasteiger partial charge >= 0.3 is 0 Å². The Morgan fingerprint density at radius 3 is 2.64 bits per heavy atom. The molecule has 0 aliphatic rings. The Bertz CT molecular complexity index is 234. The summed E-state index contributed by atoms with van der Waals surface area (Å²) in [5.41, 5.74) is 0.898. The predicted molar refractivity (Wildman–Crippen MR) is 55.8 cm³/mol. The summed E-state index contributed by atoms with van der Waals surface area (Å²) >= 11 is 0. The Balaban J connectivity index is 2.48. The molecular formula is C10H19N3O. The van der Waals surface area contributed by atoms with E-state index in [1.807, 2.05) is 0 Å². The Morgan fingerprint density at radius 1 is 1.50 bits per heavy atom. The lowest BCUT2D eigenvalue weighted by Gasteiger charge is -2.30. The van der Waals surface area contributed by atoms with Crippen LogP contribution in [0.3, 0.4) is 0 Å². The molecule has 4 nitrogen and oxygen atoms in total. The summed E-state index contributed by atoms with van der Waals surface area (Å²) in [6.07, 6.45) is 5.30. The first kappa shape index (κ1) is 11.2. The minimum atomic E-state index is -0.148. The molecule has 0 aliphatic heterocycles. The number of hydrogen-bond donors (Lipinski definition) is 3. The van der Waals surface area contributed by atoms with Crippen molar-refractivity contribution in [3.8, 4) is 0 Å². The second-order valence-electron chi connectivity index (χ2n) is 3.58. The number of aromatic amines is 1. The van der Waals surface area contributed by atoms with E-state index in [9.17, 15) is 5.11 Å². The van der Waals surface area contributed by atoms with Gasteiger partial charge in [0.1, 0.15) is 0 Å². The van der Waals surface area contributed by atoms with E-state index >= 15 is 0 Å². The summed E-state index contributed by atoms with van der Waals surface area (Å²) in [7, 11) is 0. The van der Waals surface area contributed by atoms with Crippen molar-refractivity contribution in [1.82, 2.24) is 15.3 Å². The third-order valence-electron chi connectivity index (χ3n) is 2.86. The number of hydrogen-bond acceptors (Lipinski definition) is 3. The Labute approximate surface area is 84.8 Å². The Kier molecular flexibility index (Phi) is 4.10. The molecule has 1 rings (SSSR count). The minimum Gasteiger partial charge on any atom is -0.394 e. The van der Waals surface area contributed by atoms with Gasteiger partial charge in [-0.1, -0.05) is 13.8 Å². The highest BCUT2D eigenvalue weighted by Gasteiger charge is 2.23. The van der Waals surface area contributed by atoms with E-state index in [0.717, 1.165) is 25.1 Å². The molecule has 0 amide bonds. The lowest BCUT2D eigenvalue weighted by Crippen LogP contribution is -2.47. The molecule has 14 heavy (non-hydrogen) atoms. The molecule has 0 aliphatic carbocycles. The molecule has 1 aromatic rings. The van der Waals surface area contributed by atoms with Crippen molar-refractivity contribution in [2.75, 3.05) is 6.61 Å². The van der Waals surface area contributed by atoms with Gasteiger partial charge in [-0.2, -0.15) is 0 Å². The molecule has 3 N–H and O–H groups in total. The van der Waals surface area contributed by atoms with E-state index in [1.54, 1.807) is 12.5 Å². The zero-order valence-corrected chi connectivity index (χ0v) is 8.88. The van der Waals surface area contributed by atoms with Crippen LogP contribution in [-0.2, 0) is 6.54 Å². The highest BCUT2D eigenvalue weighted by molar-refractivity contribution is 4.96. The van der Waals surface area contributed by atoms with Crippen LogP contribution in [0.2, 0.25) is 0 Å². The number of aliphatic hydroxyl groups excluding tert-OH is 1. The number of aliphatic hydroxyl groups is 1. The maximum absolute atomic E-state index is 9.32. The average molecular weight is 197 g/mol. The number of nitrogens with one attached hydrogen (secondary N) is 2. The van der Waals surface area contributed by atoms with Crippen molar-refractivity contribution in [2.24, 2.45) is 0 Å². The molecule has 0 radical (unpaired) electrons. The van der Waals surface area contributed by atoms with E-state index in [-0.39, 0.29) is 12.1 Å². The molecule has 0 spiro atoms. The maximum atomic E-state index is 9.32. The molecule has 0 saturated carbocycles. The highest BCUT2D eigenvalue weighted by atomic mass is 16.3. The fourth-order valence-corrected chi connectivity index (χ4v) is 1.44. The van der Waals surface area contributed by atoms with Crippen LogP contribution in [-0.4, -0.2) is 27.2 Å². The van der Waals surface area contributed by atoms with Crippen LogP contribution in [0, 0.1) is 0 Å². The van der Waals surface area contributed by atoms with Gasteiger partial charge in [0.25, 0.3) is 0 Å². The topological polar surface area (TPSA) is 60.9 Å². The van der Waals surface area contributed by atoms with Crippen LogP contribution in [0.1, 0.15) is 32.4 Å². The molecule has 0 unspecified atom stereocenters. The normalized spacial score (nSPS) is 11.9. The second-order valence-corrected chi connectivity index (χ2v) is 3.58. The maximum Gasteiger partial charge on any atom is 0.0922 e. The first-order valence-electron chi connectivity index (χ1n) is 5.09. The van der Waals surface area contributed by atoms with Crippen molar-refractivity contribution in [3.63, 3.8) is 0 Å². The van der Waals surface area contributed by atoms with Crippen molar-refractivity contribution in [2.45, 2.75) is 38.8 Å². The van der Waals surface area contributed by atoms with Gasteiger partial charge in [0, 0.05) is 24.0 Å². The average Bonchev–Trinajstić information content (AvgIpc) is 2.74. The summed E-state index contributed by atoms with van der Waals surface area (Å²) < 4.78 is 0. The molecule has 80 valence electrons. The monoisotopic (exact) mass is 197 g/mol. The van der Waals surface area contributed by atoms with E-state index in [1.165, 1.54) is 0 Å². The molecule has 0 atom stereocenters. The first-order valence-corrected chi connectivity index (χ1v) is 5.09. The van der Waals surface area contributed by atoms with Crippen LogP contribution in [0.4, 0.5) is 0 Å². The minimum absolute atomic E-state index is 0.148. The zero-order valence-electron chi connectivity index (χ0n) is 8.88. The van der Waals surface area contributed by atoms with Crippen molar-refractivity contribution >= 4 is 0 Å². The predicted octanol–water partition coefficient (Wildman–Crippen LogP) is 1.05. The van der Waals surface area contributed by atoms with Crippen LogP contribution in [0.5, 0.6) is 0 Å². The molecule has 1 heterocycles. The third-order valence-corrected chi connectivity index (χ3v) is 2.86. The fourth-order valence-electron chi connectivity index (χ4n) is 1.44. The number of H-pyrrole nitrogens is 1. The lowest BCUT2D eigenvalue weighted by atomic mass is 9.94. The first-order chi connectivity index (χ1) is 6.76. The zero-order chi connectivity index (χ0) is 10.4. The van der Waals surface area contributed by atoms with Gasteiger partial charge in [0.2, 0.25) is 0 Å². The van der Waals surface area contributed by atoms with Gasteiger partial charge in [-0.05, 0) is 12.8 Å². The van der Waals surface area contributed by atoms with E-state index < -0.39 is 0 Å². The van der Waals surface area contributed by atoms with Crippen molar-refractivity contribution in [1.29, 1.82) is 0 Å². The second kappa shape index (κ2) is 5.12.